The van der Waals surface area contributed by atoms with Crippen LogP contribution >= 0.6 is 23.2 Å². The number of hydrogen-bond donors (Lipinski definition) is 4. The Labute approximate surface area is 220 Å². The van der Waals surface area contributed by atoms with Crippen LogP contribution in [0, 0.1) is 22.6 Å². The van der Waals surface area contributed by atoms with Gasteiger partial charge in [0, 0.05) is 24.7 Å². The van der Waals surface area contributed by atoms with Crippen molar-refractivity contribution in [3.05, 3.63) is 63.6 Å². The molecule has 1 aliphatic heterocycles. The predicted molar refractivity (Wildman–Crippen MR) is 136 cm³/mol. The molecule has 1 aliphatic rings. The van der Waals surface area contributed by atoms with E-state index in [1.165, 1.54) is 18.3 Å². The zero-order valence-electron chi connectivity index (χ0n) is 20.4. The molecule has 3 rings (SSSR count). The number of aliphatic hydroxyl groups excluding tert-OH is 2. The van der Waals surface area contributed by atoms with Gasteiger partial charge in [-0.1, -0.05) is 56.1 Å². The molecule has 0 unspecified atom stereocenters. The summed E-state index contributed by atoms with van der Waals surface area (Å²) in [4.78, 5) is 17.9. The Morgan fingerprint density at radius 2 is 2.06 bits per heavy atom. The van der Waals surface area contributed by atoms with E-state index < -0.39 is 47.9 Å². The highest BCUT2D eigenvalue weighted by molar-refractivity contribution is 6.31. The van der Waals surface area contributed by atoms with Gasteiger partial charge in [-0.25, -0.2) is 4.39 Å². The molecule has 1 aromatic carbocycles. The van der Waals surface area contributed by atoms with Crippen molar-refractivity contribution in [1.82, 2.24) is 15.6 Å². The van der Waals surface area contributed by atoms with Crippen LogP contribution in [0.2, 0.25) is 10.0 Å². The average molecular weight is 537 g/mol. The fourth-order valence-electron chi connectivity index (χ4n) is 4.90. The van der Waals surface area contributed by atoms with Gasteiger partial charge < -0.3 is 20.8 Å². The lowest BCUT2D eigenvalue weighted by atomic mass is 9.64. The molecule has 5 atom stereocenters. The lowest BCUT2D eigenvalue weighted by Gasteiger charge is -2.36. The second-order valence-electron chi connectivity index (χ2n) is 10.3. The lowest BCUT2D eigenvalue weighted by Crippen LogP contribution is -2.46. The summed E-state index contributed by atoms with van der Waals surface area (Å²) >= 11 is 12.2. The van der Waals surface area contributed by atoms with Crippen LogP contribution in [0.1, 0.15) is 50.8 Å². The molecule has 1 amide bonds. The van der Waals surface area contributed by atoms with Gasteiger partial charge in [-0.15, -0.1) is 0 Å². The van der Waals surface area contributed by atoms with Gasteiger partial charge in [0.15, 0.2) is 0 Å². The van der Waals surface area contributed by atoms with Crippen molar-refractivity contribution >= 4 is 29.1 Å². The summed E-state index contributed by atoms with van der Waals surface area (Å²) in [5.74, 6) is -2.15. The predicted octanol–water partition coefficient (Wildman–Crippen LogP) is 3.71. The van der Waals surface area contributed by atoms with Gasteiger partial charge in [0.25, 0.3) is 0 Å². The third kappa shape index (κ3) is 5.82. The van der Waals surface area contributed by atoms with Crippen molar-refractivity contribution in [2.24, 2.45) is 5.41 Å². The number of rotatable bonds is 8. The van der Waals surface area contributed by atoms with Crippen LogP contribution in [0.5, 0.6) is 0 Å². The maximum atomic E-state index is 15.5. The highest BCUT2D eigenvalue weighted by atomic mass is 35.5. The Balaban J connectivity index is 2.19. The number of hydrogen-bond acceptors (Lipinski definition) is 6. The molecule has 1 saturated heterocycles. The zero-order chi connectivity index (χ0) is 26.7. The van der Waals surface area contributed by atoms with E-state index in [1.54, 1.807) is 18.2 Å². The standard InChI is InChI=1S/C26H31Cl2FN4O3/c1-25(2,3)11-20-26(14-30,19-8-7-15(27)12-32-19)21(17-5-4-6-18(28)22(17)29)23(33-20)24(36)31-10-9-16(35)13-34/h4-8,12,16,20-21,23,33-35H,9-11,13H2,1-3H3,(H,31,36)/t16-,20+,21+,23-,26+/m0/s1. The van der Waals surface area contributed by atoms with E-state index in [4.69, 9.17) is 28.3 Å². The fraction of sp³-hybridized carbons (Fsp3) is 0.500. The summed E-state index contributed by atoms with van der Waals surface area (Å²) in [7, 11) is 0. The molecular formula is C26H31Cl2FN4O3. The van der Waals surface area contributed by atoms with Crippen molar-refractivity contribution in [1.29, 1.82) is 5.26 Å². The van der Waals surface area contributed by atoms with Gasteiger partial charge in [-0.3, -0.25) is 9.78 Å². The minimum absolute atomic E-state index is 0.0895. The van der Waals surface area contributed by atoms with E-state index >= 15 is 4.39 Å². The molecule has 1 fully saturated rings. The number of halogens is 3. The number of nitrogens with zero attached hydrogens (tertiary/aromatic N) is 2. The Bertz CT molecular complexity index is 1120. The summed E-state index contributed by atoms with van der Waals surface area (Å²) in [5, 5.41) is 35.8. The van der Waals surface area contributed by atoms with Gasteiger partial charge >= 0.3 is 0 Å². The number of nitriles is 1. The Hall–Kier alpha value is -2.28. The Morgan fingerprint density at radius 3 is 2.64 bits per heavy atom. The first kappa shape index (κ1) is 28.3. The van der Waals surface area contributed by atoms with E-state index in [0.717, 1.165) is 0 Å². The van der Waals surface area contributed by atoms with Crippen LogP contribution in [-0.4, -0.2) is 52.4 Å². The van der Waals surface area contributed by atoms with Crippen LogP contribution in [-0.2, 0) is 10.2 Å². The summed E-state index contributed by atoms with van der Waals surface area (Å²) in [5.41, 5.74) is -1.19. The van der Waals surface area contributed by atoms with Gasteiger partial charge in [0.1, 0.15) is 11.2 Å². The monoisotopic (exact) mass is 536 g/mol. The second-order valence-corrected chi connectivity index (χ2v) is 11.2. The van der Waals surface area contributed by atoms with Gasteiger partial charge in [-0.05, 0) is 42.0 Å². The van der Waals surface area contributed by atoms with Crippen LogP contribution < -0.4 is 10.6 Å². The number of benzene rings is 1. The van der Waals surface area contributed by atoms with Crippen molar-refractivity contribution in [3.8, 4) is 6.07 Å². The van der Waals surface area contributed by atoms with Crippen molar-refractivity contribution in [3.63, 3.8) is 0 Å². The van der Waals surface area contributed by atoms with E-state index in [0.29, 0.717) is 17.1 Å². The molecule has 0 spiro atoms. The first-order valence-corrected chi connectivity index (χ1v) is 12.5. The maximum Gasteiger partial charge on any atom is 0.237 e. The van der Waals surface area contributed by atoms with Crippen LogP contribution in [0.4, 0.5) is 4.39 Å². The van der Waals surface area contributed by atoms with E-state index in [2.05, 4.69) is 21.7 Å². The highest BCUT2D eigenvalue weighted by Crippen LogP contribution is 2.51. The van der Waals surface area contributed by atoms with Gasteiger partial charge in [0.05, 0.1) is 40.6 Å². The Kier molecular flexibility index (Phi) is 8.97. The molecule has 4 N–H and O–H groups in total. The lowest BCUT2D eigenvalue weighted by molar-refractivity contribution is -0.123. The van der Waals surface area contributed by atoms with Crippen LogP contribution in [0.25, 0.3) is 0 Å². The first-order chi connectivity index (χ1) is 16.9. The molecule has 194 valence electrons. The normalized spacial score (nSPS) is 24.8. The minimum Gasteiger partial charge on any atom is -0.394 e. The number of carbonyl (C=O) groups is 1. The molecule has 7 nitrogen and oxygen atoms in total. The molecule has 1 aromatic heterocycles. The molecule has 0 bridgehead atoms. The number of nitrogens with one attached hydrogen (secondary N) is 2. The third-order valence-corrected chi connectivity index (χ3v) is 7.01. The fourth-order valence-corrected chi connectivity index (χ4v) is 5.19. The smallest absolute Gasteiger partial charge is 0.237 e. The average Bonchev–Trinajstić information content (AvgIpc) is 3.14. The molecule has 2 heterocycles. The number of aliphatic hydroxyl groups is 2. The van der Waals surface area contributed by atoms with Gasteiger partial charge in [-0.2, -0.15) is 5.26 Å². The summed E-state index contributed by atoms with van der Waals surface area (Å²) in [6.45, 7) is 5.72. The molecule has 2 aromatic rings. The molecular weight excluding hydrogens is 506 g/mol. The number of aromatic nitrogens is 1. The Morgan fingerprint density at radius 1 is 1.33 bits per heavy atom. The minimum atomic E-state index is -1.43. The van der Waals surface area contributed by atoms with E-state index in [-0.39, 0.29) is 29.0 Å². The SMILES string of the molecule is CC(C)(C)C[C@H]1N[C@H](C(=O)NCC[C@H](O)CO)[C@@H](c2cccc(Cl)c2F)[C@]1(C#N)c1ccc(Cl)cn1. The largest absolute Gasteiger partial charge is 0.394 e. The van der Waals surface area contributed by atoms with Gasteiger partial charge in [0.2, 0.25) is 5.91 Å². The maximum absolute atomic E-state index is 15.5. The van der Waals surface area contributed by atoms with Crippen molar-refractivity contribution in [2.75, 3.05) is 13.2 Å². The second kappa shape index (κ2) is 11.4. The molecule has 10 heteroatoms. The number of carbonyl (C=O) groups excluding carboxylic acids is 1. The zero-order valence-corrected chi connectivity index (χ0v) is 21.9. The molecule has 0 saturated carbocycles. The molecule has 0 aliphatic carbocycles. The van der Waals surface area contributed by atoms with E-state index in [1.807, 2.05) is 20.8 Å². The topological polar surface area (TPSA) is 118 Å². The van der Waals surface area contributed by atoms with Crippen LogP contribution in [0.15, 0.2) is 36.5 Å². The first-order valence-electron chi connectivity index (χ1n) is 11.7. The summed E-state index contributed by atoms with van der Waals surface area (Å²) in [6.07, 6.45) is 1.07. The number of pyridine rings is 1. The highest BCUT2D eigenvalue weighted by Gasteiger charge is 2.61. The third-order valence-electron chi connectivity index (χ3n) is 6.49. The number of amides is 1. The summed E-state index contributed by atoms with van der Waals surface area (Å²) < 4.78 is 15.5. The van der Waals surface area contributed by atoms with Crippen molar-refractivity contribution < 1.29 is 19.4 Å². The molecule has 36 heavy (non-hydrogen) atoms. The molecule has 0 radical (unpaired) electrons. The van der Waals surface area contributed by atoms with E-state index in [9.17, 15) is 15.2 Å². The van der Waals surface area contributed by atoms with Crippen molar-refractivity contribution in [2.45, 2.75) is 63.1 Å². The van der Waals surface area contributed by atoms with Crippen LogP contribution in [0.3, 0.4) is 0 Å². The quantitative estimate of drug-likeness (QED) is 0.408. The summed E-state index contributed by atoms with van der Waals surface area (Å²) in [6, 6.07) is 8.62.